The highest BCUT2D eigenvalue weighted by Crippen LogP contribution is 2.29. The van der Waals surface area contributed by atoms with E-state index in [1.54, 1.807) is 0 Å². The molecule has 1 aromatic heterocycles. The minimum absolute atomic E-state index is 0.0294. The van der Waals surface area contributed by atoms with Crippen LogP contribution in [0.2, 0.25) is 10.4 Å². The molecular formula is C9H13Cl2N5O. The average Bonchev–Trinajstić information content (AvgIpc) is 2.34. The number of ether oxygens (including phenoxy) is 1. The van der Waals surface area contributed by atoms with Crippen LogP contribution in [0.15, 0.2) is 0 Å². The topological polar surface area (TPSA) is 90.3 Å². The highest BCUT2D eigenvalue weighted by Gasteiger charge is 2.23. The molecule has 0 saturated carbocycles. The number of hydrogen-bond acceptors (Lipinski definition) is 6. The van der Waals surface area contributed by atoms with Gasteiger partial charge in [0.1, 0.15) is 5.69 Å². The molecule has 0 bridgehead atoms. The van der Waals surface area contributed by atoms with E-state index in [0.29, 0.717) is 19.0 Å². The number of anilines is 2. The van der Waals surface area contributed by atoms with E-state index < -0.39 is 0 Å². The molecule has 0 atom stereocenters. The van der Waals surface area contributed by atoms with Crippen molar-refractivity contribution >= 4 is 34.7 Å². The van der Waals surface area contributed by atoms with E-state index >= 15 is 0 Å². The lowest BCUT2D eigenvalue weighted by molar-refractivity contribution is 0.0843. The molecule has 2 heterocycles. The maximum atomic E-state index is 6.00. The highest BCUT2D eigenvalue weighted by molar-refractivity contribution is 6.34. The number of nitrogen functional groups attached to an aromatic ring is 1. The fraction of sp³-hybridized carbons (Fsp3) is 0.556. The minimum Gasteiger partial charge on any atom is -0.393 e. The van der Waals surface area contributed by atoms with Gasteiger partial charge in [-0.2, -0.15) is 4.98 Å². The van der Waals surface area contributed by atoms with Crippen LogP contribution in [0.5, 0.6) is 0 Å². The number of nitrogens with zero attached hydrogens (tertiary/aromatic N) is 3. The first kappa shape index (κ1) is 12.6. The SMILES string of the molecule is Nc1c(Cl)nc(Cl)nc1N(N)C1CCOCC1. The molecule has 1 fully saturated rings. The van der Waals surface area contributed by atoms with Crippen LogP contribution in [-0.2, 0) is 4.74 Å². The van der Waals surface area contributed by atoms with E-state index in [1.165, 1.54) is 5.01 Å². The van der Waals surface area contributed by atoms with E-state index in [4.69, 9.17) is 39.5 Å². The Morgan fingerprint density at radius 3 is 2.53 bits per heavy atom. The summed E-state index contributed by atoms with van der Waals surface area (Å²) in [7, 11) is 0. The number of hydrazine groups is 1. The van der Waals surface area contributed by atoms with Crippen LogP contribution in [-0.4, -0.2) is 29.2 Å². The Labute approximate surface area is 109 Å². The summed E-state index contributed by atoms with van der Waals surface area (Å²) >= 11 is 11.6. The first-order valence-corrected chi connectivity index (χ1v) is 5.95. The molecule has 8 heteroatoms. The number of aromatic nitrogens is 2. The summed E-state index contributed by atoms with van der Waals surface area (Å²) in [5, 5.41) is 1.64. The summed E-state index contributed by atoms with van der Waals surface area (Å²) in [5.41, 5.74) is 6.03. The predicted octanol–water partition coefficient (Wildman–Crippen LogP) is 1.22. The number of nitrogens with two attached hydrogens (primary N) is 2. The highest BCUT2D eigenvalue weighted by atomic mass is 35.5. The van der Waals surface area contributed by atoms with Crippen LogP contribution in [0.3, 0.4) is 0 Å². The molecule has 0 amide bonds. The summed E-state index contributed by atoms with van der Waals surface area (Å²) in [6.45, 7) is 1.34. The quantitative estimate of drug-likeness (QED) is 0.366. The van der Waals surface area contributed by atoms with Gasteiger partial charge in [0.15, 0.2) is 11.0 Å². The van der Waals surface area contributed by atoms with Gasteiger partial charge < -0.3 is 10.5 Å². The van der Waals surface area contributed by atoms with Crippen molar-refractivity contribution in [3.63, 3.8) is 0 Å². The first-order chi connectivity index (χ1) is 8.09. The van der Waals surface area contributed by atoms with Crippen molar-refractivity contribution < 1.29 is 4.74 Å². The molecule has 0 spiro atoms. The lowest BCUT2D eigenvalue weighted by Crippen LogP contribution is -2.45. The third-order valence-corrected chi connectivity index (χ3v) is 3.14. The number of hydrogen-bond donors (Lipinski definition) is 2. The summed E-state index contributed by atoms with van der Waals surface area (Å²) in [5.74, 6) is 6.36. The predicted molar refractivity (Wildman–Crippen MR) is 67.0 cm³/mol. The Kier molecular flexibility index (Phi) is 3.88. The van der Waals surface area contributed by atoms with Crippen molar-refractivity contribution in [1.29, 1.82) is 0 Å². The van der Waals surface area contributed by atoms with E-state index in [2.05, 4.69) is 9.97 Å². The van der Waals surface area contributed by atoms with Crippen molar-refractivity contribution in [3.8, 4) is 0 Å². The molecule has 0 radical (unpaired) electrons. The van der Waals surface area contributed by atoms with Gasteiger partial charge in [0.2, 0.25) is 5.28 Å². The zero-order chi connectivity index (χ0) is 12.4. The molecular weight excluding hydrogens is 265 g/mol. The molecule has 0 aliphatic carbocycles. The average molecular weight is 278 g/mol. The van der Waals surface area contributed by atoms with Crippen molar-refractivity contribution in [1.82, 2.24) is 9.97 Å². The summed E-state index contributed by atoms with van der Waals surface area (Å²) in [4.78, 5) is 7.76. The zero-order valence-electron chi connectivity index (χ0n) is 9.07. The van der Waals surface area contributed by atoms with E-state index in [9.17, 15) is 0 Å². The normalized spacial score (nSPS) is 17.1. The maximum absolute atomic E-state index is 6.00. The van der Waals surface area contributed by atoms with Gasteiger partial charge in [-0.3, -0.25) is 5.01 Å². The monoisotopic (exact) mass is 277 g/mol. The molecule has 1 aliphatic rings. The molecule has 94 valence electrons. The Hall–Kier alpha value is -0.820. The van der Waals surface area contributed by atoms with Gasteiger partial charge in [-0.25, -0.2) is 10.8 Å². The third kappa shape index (κ3) is 2.71. The van der Waals surface area contributed by atoms with Crippen LogP contribution in [0, 0.1) is 0 Å². The van der Waals surface area contributed by atoms with Gasteiger partial charge >= 0.3 is 0 Å². The van der Waals surface area contributed by atoms with Crippen LogP contribution in [0.4, 0.5) is 11.5 Å². The van der Waals surface area contributed by atoms with Crippen molar-refractivity contribution in [2.75, 3.05) is 24.0 Å². The summed E-state index contributed by atoms with van der Waals surface area (Å²) < 4.78 is 5.27. The lowest BCUT2D eigenvalue weighted by Gasteiger charge is -2.31. The second kappa shape index (κ2) is 5.22. The Bertz CT molecular complexity index is 411. The van der Waals surface area contributed by atoms with Crippen molar-refractivity contribution in [2.45, 2.75) is 18.9 Å². The Balaban J connectivity index is 2.26. The molecule has 1 aliphatic heterocycles. The zero-order valence-corrected chi connectivity index (χ0v) is 10.6. The summed E-state index contributed by atoms with van der Waals surface area (Å²) in [6, 6.07) is 0.119. The van der Waals surface area contributed by atoms with Crippen molar-refractivity contribution in [2.24, 2.45) is 5.84 Å². The van der Waals surface area contributed by atoms with Crippen LogP contribution in [0.1, 0.15) is 12.8 Å². The Morgan fingerprint density at radius 2 is 1.88 bits per heavy atom. The first-order valence-electron chi connectivity index (χ1n) is 5.19. The van der Waals surface area contributed by atoms with Gasteiger partial charge in [-0.15, -0.1) is 0 Å². The molecule has 1 aromatic rings. The van der Waals surface area contributed by atoms with Gasteiger partial charge in [-0.1, -0.05) is 11.6 Å². The van der Waals surface area contributed by atoms with Crippen molar-refractivity contribution in [3.05, 3.63) is 10.4 Å². The van der Waals surface area contributed by atoms with Gasteiger partial charge in [0.25, 0.3) is 0 Å². The molecule has 6 nitrogen and oxygen atoms in total. The van der Waals surface area contributed by atoms with Crippen LogP contribution >= 0.6 is 23.2 Å². The second-order valence-electron chi connectivity index (χ2n) is 3.77. The Morgan fingerprint density at radius 1 is 1.24 bits per heavy atom. The maximum Gasteiger partial charge on any atom is 0.225 e. The standard InChI is InChI=1S/C9H13Cl2N5O/c10-7-6(12)8(15-9(11)14-7)16(13)5-1-3-17-4-2-5/h5H,1-4,12-13H2. The smallest absolute Gasteiger partial charge is 0.225 e. The number of rotatable bonds is 2. The third-order valence-electron chi connectivity index (χ3n) is 2.68. The molecule has 0 unspecified atom stereocenters. The number of halogens is 2. The molecule has 4 N–H and O–H groups in total. The minimum atomic E-state index is 0.0294. The largest absolute Gasteiger partial charge is 0.393 e. The summed E-state index contributed by atoms with van der Waals surface area (Å²) in [6.07, 6.45) is 1.63. The van der Waals surface area contributed by atoms with Gasteiger partial charge in [-0.05, 0) is 24.4 Å². The lowest BCUT2D eigenvalue weighted by atomic mass is 10.1. The van der Waals surface area contributed by atoms with Gasteiger partial charge in [0.05, 0.1) is 6.04 Å². The van der Waals surface area contributed by atoms with Crippen LogP contribution in [0.25, 0.3) is 0 Å². The second-order valence-corrected chi connectivity index (χ2v) is 4.47. The van der Waals surface area contributed by atoms with Gasteiger partial charge in [0, 0.05) is 13.2 Å². The van der Waals surface area contributed by atoms with E-state index in [1.807, 2.05) is 0 Å². The molecule has 17 heavy (non-hydrogen) atoms. The van der Waals surface area contributed by atoms with E-state index in [-0.39, 0.29) is 22.2 Å². The molecule has 2 rings (SSSR count). The molecule has 0 aromatic carbocycles. The fourth-order valence-corrected chi connectivity index (χ4v) is 2.11. The molecule has 1 saturated heterocycles. The fourth-order valence-electron chi connectivity index (χ4n) is 1.74. The van der Waals surface area contributed by atoms with Crippen LogP contribution < -0.4 is 16.6 Å². The van der Waals surface area contributed by atoms with E-state index in [0.717, 1.165) is 12.8 Å².